The number of pyridine rings is 1. The first-order chi connectivity index (χ1) is 10.8. The predicted octanol–water partition coefficient (Wildman–Crippen LogP) is 1.43. The van der Waals surface area contributed by atoms with E-state index in [0.717, 1.165) is 43.8 Å². The van der Waals surface area contributed by atoms with Gasteiger partial charge >= 0.3 is 23.1 Å². The van der Waals surface area contributed by atoms with Gasteiger partial charge in [0.2, 0.25) is 0 Å². The summed E-state index contributed by atoms with van der Waals surface area (Å²) >= 11 is 6.23. The summed E-state index contributed by atoms with van der Waals surface area (Å²) in [5, 5.41) is 5.32. The molecule has 1 aliphatic heterocycles. The SMILES string of the molecule is Clc1ccc2c(c1)CCc1cccnc1C2=C1CC[N-]CC1.[Br-].[Mg+2]. The third kappa shape index (κ3) is 3.88. The molecule has 2 aromatic rings. The van der Waals surface area contributed by atoms with Gasteiger partial charge in [-0.05, 0) is 47.7 Å². The monoisotopic (exact) mass is 412 g/mol. The first kappa shape index (κ1) is 19.9. The Bertz CT molecular complexity index is 753. The summed E-state index contributed by atoms with van der Waals surface area (Å²) in [4.78, 5) is 4.74. The second-order valence-electron chi connectivity index (χ2n) is 5.96. The van der Waals surface area contributed by atoms with E-state index in [9.17, 15) is 0 Å². The molecule has 4 rings (SSSR count). The molecule has 0 unspecified atom stereocenters. The quantitative estimate of drug-likeness (QED) is 0.600. The Hall–Kier alpha value is -0.394. The number of rotatable bonds is 0. The minimum absolute atomic E-state index is 0. The standard InChI is InChI=1S/C19H18ClN2.BrH.Mg/c20-16-5-6-17-15(12-16)4-3-14-2-1-9-22-19(14)18(17)13-7-10-21-11-8-13;;/h1-2,5-6,9,12H,3-4,7-8,10-11H2;1H;/q-1;;+2/p-1. The van der Waals surface area contributed by atoms with Crippen LogP contribution in [0.25, 0.3) is 10.9 Å². The number of halogens is 2. The van der Waals surface area contributed by atoms with Crippen molar-refractivity contribution in [1.29, 1.82) is 0 Å². The molecule has 2 nitrogen and oxygen atoms in total. The fraction of sp³-hybridized carbons (Fsp3) is 0.316. The van der Waals surface area contributed by atoms with Gasteiger partial charge in [0.15, 0.2) is 0 Å². The van der Waals surface area contributed by atoms with Crippen LogP contribution in [0.3, 0.4) is 0 Å². The maximum atomic E-state index is 6.23. The second kappa shape index (κ2) is 8.81. The van der Waals surface area contributed by atoms with Crippen LogP contribution in [0.4, 0.5) is 0 Å². The Morgan fingerprint density at radius 3 is 2.50 bits per heavy atom. The topological polar surface area (TPSA) is 27.0 Å². The molecule has 0 N–H and O–H groups in total. The summed E-state index contributed by atoms with van der Waals surface area (Å²) in [6.07, 6.45) is 6.06. The third-order valence-electron chi connectivity index (χ3n) is 4.63. The molecule has 120 valence electrons. The predicted molar refractivity (Wildman–Crippen MR) is 97.2 cm³/mol. The first-order valence-electron chi connectivity index (χ1n) is 7.91. The largest absolute Gasteiger partial charge is 2.00 e. The number of aromatic nitrogens is 1. The maximum Gasteiger partial charge on any atom is 2.00 e. The zero-order chi connectivity index (χ0) is 14.9. The summed E-state index contributed by atoms with van der Waals surface area (Å²) < 4.78 is 0. The minimum Gasteiger partial charge on any atom is -1.00 e. The minimum atomic E-state index is 0. The number of aryl methyl sites for hydroxylation is 2. The molecule has 0 saturated carbocycles. The van der Waals surface area contributed by atoms with Gasteiger partial charge in [0.05, 0.1) is 5.69 Å². The van der Waals surface area contributed by atoms with Gasteiger partial charge in [0.25, 0.3) is 0 Å². The molecule has 24 heavy (non-hydrogen) atoms. The van der Waals surface area contributed by atoms with Crippen molar-refractivity contribution in [2.75, 3.05) is 13.1 Å². The van der Waals surface area contributed by atoms with Gasteiger partial charge in [-0.15, -0.1) is 13.1 Å². The molecule has 1 aromatic heterocycles. The van der Waals surface area contributed by atoms with Crippen molar-refractivity contribution in [2.45, 2.75) is 25.7 Å². The molecular formula is C19H18BrClMgN2. The molecule has 1 aromatic carbocycles. The molecule has 0 atom stereocenters. The van der Waals surface area contributed by atoms with E-state index in [2.05, 4.69) is 23.5 Å². The number of fused-ring (bicyclic) bond motifs is 2. The zero-order valence-corrected chi connectivity index (χ0v) is 17.3. The van der Waals surface area contributed by atoms with E-state index in [4.69, 9.17) is 16.6 Å². The smallest absolute Gasteiger partial charge is 1.00 e. The summed E-state index contributed by atoms with van der Waals surface area (Å²) in [6, 6.07) is 10.6. The fourth-order valence-corrected chi connectivity index (χ4v) is 3.74. The van der Waals surface area contributed by atoms with Crippen molar-refractivity contribution in [3.05, 3.63) is 74.8 Å². The van der Waals surface area contributed by atoms with E-state index in [-0.39, 0.29) is 40.0 Å². The van der Waals surface area contributed by atoms with Crippen molar-refractivity contribution >= 4 is 40.2 Å². The Kier molecular flexibility index (Phi) is 7.32. The van der Waals surface area contributed by atoms with E-state index < -0.39 is 0 Å². The van der Waals surface area contributed by atoms with Crippen LogP contribution in [0.2, 0.25) is 5.02 Å². The van der Waals surface area contributed by atoms with Crippen molar-refractivity contribution in [1.82, 2.24) is 4.98 Å². The van der Waals surface area contributed by atoms with Gasteiger partial charge < -0.3 is 22.3 Å². The first-order valence-corrected chi connectivity index (χ1v) is 8.29. The van der Waals surface area contributed by atoms with E-state index in [1.54, 1.807) is 0 Å². The van der Waals surface area contributed by atoms with E-state index in [1.807, 2.05) is 18.3 Å². The molecule has 2 heterocycles. The van der Waals surface area contributed by atoms with Crippen molar-refractivity contribution in [3.8, 4) is 0 Å². The van der Waals surface area contributed by atoms with Crippen LogP contribution in [0.15, 0.2) is 42.1 Å². The van der Waals surface area contributed by atoms with Gasteiger partial charge in [0.1, 0.15) is 0 Å². The van der Waals surface area contributed by atoms with Crippen molar-refractivity contribution in [3.63, 3.8) is 0 Å². The van der Waals surface area contributed by atoms with Gasteiger partial charge in [-0.25, -0.2) is 0 Å². The van der Waals surface area contributed by atoms with Crippen LogP contribution in [-0.4, -0.2) is 41.1 Å². The fourth-order valence-electron chi connectivity index (χ4n) is 3.55. The summed E-state index contributed by atoms with van der Waals surface area (Å²) in [6.45, 7) is 1.87. The molecular weight excluding hydrogens is 396 g/mol. The number of piperidine rings is 1. The summed E-state index contributed by atoms with van der Waals surface area (Å²) in [5.41, 5.74) is 8.02. The van der Waals surface area contributed by atoms with Crippen LogP contribution in [0.5, 0.6) is 0 Å². The van der Waals surface area contributed by atoms with E-state index in [1.165, 1.54) is 33.5 Å². The molecule has 5 heteroatoms. The van der Waals surface area contributed by atoms with Crippen molar-refractivity contribution < 1.29 is 17.0 Å². The van der Waals surface area contributed by atoms with E-state index >= 15 is 0 Å². The second-order valence-corrected chi connectivity index (χ2v) is 6.40. The molecule has 2 aliphatic rings. The summed E-state index contributed by atoms with van der Waals surface area (Å²) in [5.74, 6) is 0. The Morgan fingerprint density at radius 2 is 1.71 bits per heavy atom. The van der Waals surface area contributed by atoms with Gasteiger partial charge in [-0.3, -0.25) is 4.98 Å². The Morgan fingerprint density at radius 1 is 0.958 bits per heavy atom. The average Bonchev–Trinajstić information content (AvgIpc) is 2.72. The van der Waals surface area contributed by atoms with Crippen LogP contribution >= 0.6 is 11.6 Å². The molecule has 0 radical (unpaired) electrons. The number of hydrogen-bond acceptors (Lipinski definition) is 1. The van der Waals surface area contributed by atoms with Crippen molar-refractivity contribution in [2.24, 2.45) is 0 Å². The zero-order valence-electron chi connectivity index (χ0n) is 13.6. The molecule has 1 fully saturated rings. The van der Waals surface area contributed by atoms with Crippen LogP contribution in [0, 0.1) is 0 Å². The Labute approximate surface area is 175 Å². The third-order valence-corrected chi connectivity index (χ3v) is 4.86. The van der Waals surface area contributed by atoms with E-state index in [0.29, 0.717) is 0 Å². The van der Waals surface area contributed by atoms with Gasteiger partial charge in [-0.2, -0.15) is 0 Å². The van der Waals surface area contributed by atoms with Crippen LogP contribution < -0.4 is 17.0 Å². The van der Waals surface area contributed by atoms with Crippen LogP contribution in [-0.2, 0) is 12.8 Å². The summed E-state index contributed by atoms with van der Waals surface area (Å²) in [7, 11) is 0. The Balaban J connectivity index is 0.00000104. The number of hydrogen-bond donors (Lipinski definition) is 0. The van der Waals surface area contributed by atoms with Gasteiger partial charge in [-0.1, -0.05) is 42.1 Å². The average molecular weight is 414 g/mol. The molecule has 1 saturated heterocycles. The normalized spacial score (nSPS) is 16.2. The molecule has 0 bridgehead atoms. The molecule has 0 amide bonds. The molecule has 0 spiro atoms. The van der Waals surface area contributed by atoms with Crippen LogP contribution in [0.1, 0.15) is 35.2 Å². The maximum absolute atomic E-state index is 6.23. The number of nitrogens with zero attached hydrogens (tertiary/aromatic N) is 2. The molecule has 1 aliphatic carbocycles. The van der Waals surface area contributed by atoms with Gasteiger partial charge in [0, 0.05) is 16.8 Å². The number of benzene rings is 1.